The number of aryl methyl sites for hydroxylation is 1. The van der Waals surface area contributed by atoms with E-state index in [2.05, 4.69) is 22.2 Å². The molecule has 5 heteroatoms. The van der Waals surface area contributed by atoms with Crippen molar-refractivity contribution >= 4 is 11.5 Å². The van der Waals surface area contributed by atoms with E-state index in [1.807, 2.05) is 24.9 Å². The second-order valence-corrected chi connectivity index (χ2v) is 4.15. The van der Waals surface area contributed by atoms with Crippen LogP contribution in [0, 0.1) is 12.8 Å². The van der Waals surface area contributed by atoms with Gasteiger partial charge in [0.2, 0.25) is 0 Å². The maximum absolute atomic E-state index is 5.71. The second-order valence-electron chi connectivity index (χ2n) is 4.15. The lowest BCUT2D eigenvalue weighted by Crippen LogP contribution is -2.27. The zero-order valence-corrected chi connectivity index (χ0v) is 9.94. The molecular formula is C11H17N5. The summed E-state index contributed by atoms with van der Waals surface area (Å²) in [6.45, 7) is 4.18. The molecule has 1 aromatic heterocycles. The molecule has 2 heterocycles. The van der Waals surface area contributed by atoms with Gasteiger partial charge in [0.1, 0.15) is 5.84 Å². The Morgan fingerprint density at radius 2 is 2.25 bits per heavy atom. The topological polar surface area (TPSA) is 68.6 Å². The molecule has 2 rings (SSSR count). The summed E-state index contributed by atoms with van der Waals surface area (Å²) in [7, 11) is 1.93. The first-order valence-corrected chi connectivity index (χ1v) is 5.52. The third kappa shape index (κ3) is 1.73. The van der Waals surface area contributed by atoms with Gasteiger partial charge in [-0.3, -0.25) is 4.68 Å². The molecule has 16 heavy (non-hydrogen) atoms. The first-order valence-electron chi connectivity index (χ1n) is 5.52. The Balaban J connectivity index is 2.42. The van der Waals surface area contributed by atoms with E-state index in [-0.39, 0.29) is 0 Å². The molecule has 1 aromatic rings. The van der Waals surface area contributed by atoms with E-state index in [1.54, 1.807) is 0 Å². The molecule has 1 atom stereocenters. The van der Waals surface area contributed by atoms with Crippen LogP contribution >= 0.6 is 0 Å². The lowest BCUT2D eigenvalue weighted by atomic mass is 9.91. The predicted octanol–water partition coefficient (Wildman–Crippen LogP) is 1.22. The average Bonchev–Trinajstić information content (AvgIpc) is 2.60. The third-order valence-electron chi connectivity index (χ3n) is 3.13. The second kappa shape index (κ2) is 4.08. The summed E-state index contributed by atoms with van der Waals surface area (Å²) in [5.41, 5.74) is 8.93. The van der Waals surface area contributed by atoms with Crippen LogP contribution in [-0.4, -0.2) is 21.3 Å². The fraction of sp³-hybridized carbons (Fsp3) is 0.545. The van der Waals surface area contributed by atoms with Crippen molar-refractivity contribution < 1.29 is 0 Å². The van der Waals surface area contributed by atoms with Gasteiger partial charge in [0.05, 0.1) is 11.9 Å². The number of rotatable bonds is 2. The van der Waals surface area contributed by atoms with E-state index < -0.39 is 0 Å². The highest BCUT2D eigenvalue weighted by atomic mass is 15.3. The summed E-state index contributed by atoms with van der Waals surface area (Å²) in [5, 5.41) is 12.5. The summed E-state index contributed by atoms with van der Waals surface area (Å²) in [5.74, 6) is 0.984. The van der Waals surface area contributed by atoms with Crippen LogP contribution in [0.5, 0.6) is 0 Å². The number of hydrogen-bond acceptors (Lipinski definition) is 4. The zero-order chi connectivity index (χ0) is 11.7. The smallest absolute Gasteiger partial charge is 0.123 e. The highest BCUT2D eigenvalue weighted by molar-refractivity contribution is 6.06. The lowest BCUT2D eigenvalue weighted by Gasteiger charge is -2.19. The van der Waals surface area contributed by atoms with Crippen LogP contribution in [0.25, 0.3) is 0 Å². The summed E-state index contributed by atoms with van der Waals surface area (Å²) >= 11 is 0. The minimum atomic E-state index is 0.361. The van der Waals surface area contributed by atoms with Crippen molar-refractivity contribution in [3.63, 3.8) is 0 Å². The van der Waals surface area contributed by atoms with Crippen LogP contribution in [0.3, 0.4) is 0 Å². The van der Waals surface area contributed by atoms with Gasteiger partial charge in [0.15, 0.2) is 0 Å². The van der Waals surface area contributed by atoms with E-state index in [0.717, 1.165) is 29.8 Å². The molecule has 0 spiro atoms. The van der Waals surface area contributed by atoms with Gasteiger partial charge in [-0.15, -0.1) is 5.10 Å². The van der Waals surface area contributed by atoms with Gasteiger partial charge in [-0.1, -0.05) is 6.92 Å². The number of nitrogens with two attached hydrogens (primary N) is 1. The summed E-state index contributed by atoms with van der Waals surface area (Å²) in [6, 6.07) is 0. The van der Waals surface area contributed by atoms with Crippen LogP contribution in [-0.2, 0) is 7.05 Å². The number of amidine groups is 1. The molecule has 0 aliphatic carbocycles. The van der Waals surface area contributed by atoms with Gasteiger partial charge in [-0.05, 0) is 13.3 Å². The molecule has 0 aromatic carbocycles. The van der Waals surface area contributed by atoms with E-state index >= 15 is 0 Å². The maximum Gasteiger partial charge on any atom is 0.123 e. The van der Waals surface area contributed by atoms with Crippen molar-refractivity contribution in [2.45, 2.75) is 26.7 Å². The molecule has 5 nitrogen and oxygen atoms in total. The van der Waals surface area contributed by atoms with Gasteiger partial charge in [0, 0.05) is 30.6 Å². The van der Waals surface area contributed by atoms with Gasteiger partial charge in [0.25, 0.3) is 0 Å². The molecule has 0 bridgehead atoms. The highest BCUT2D eigenvalue weighted by Gasteiger charge is 2.23. The molecule has 1 aliphatic heterocycles. The Kier molecular flexibility index (Phi) is 2.77. The SMILES string of the molecule is CCC1CC(N)=NN=C1c1cnn(C)c1C. The molecule has 0 saturated carbocycles. The molecule has 0 fully saturated rings. The highest BCUT2D eigenvalue weighted by Crippen LogP contribution is 2.22. The predicted molar refractivity (Wildman–Crippen MR) is 64.5 cm³/mol. The van der Waals surface area contributed by atoms with Crippen LogP contribution in [0.1, 0.15) is 31.0 Å². The Morgan fingerprint density at radius 3 is 2.81 bits per heavy atom. The zero-order valence-electron chi connectivity index (χ0n) is 9.94. The van der Waals surface area contributed by atoms with Gasteiger partial charge in [-0.25, -0.2) is 0 Å². The molecule has 0 amide bonds. The van der Waals surface area contributed by atoms with Gasteiger partial charge in [-0.2, -0.15) is 10.2 Å². The standard InChI is InChI=1S/C11H17N5/c1-4-8-5-10(12)14-15-11(8)9-6-13-16(3)7(9)2/h6,8H,4-5H2,1-3H3,(H2,12,14). The lowest BCUT2D eigenvalue weighted by molar-refractivity contribution is 0.676. The van der Waals surface area contributed by atoms with E-state index in [0.29, 0.717) is 11.8 Å². The number of aromatic nitrogens is 2. The van der Waals surface area contributed by atoms with E-state index in [9.17, 15) is 0 Å². The molecular weight excluding hydrogens is 202 g/mol. The first-order chi connectivity index (χ1) is 7.63. The number of nitrogens with zero attached hydrogens (tertiary/aromatic N) is 4. The minimum Gasteiger partial charge on any atom is -0.386 e. The Bertz CT molecular complexity index is 455. The Morgan fingerprint density at radius 1 is 1.50 bits per heavy atom. The first kappa shape index (κ1) is 10.9. The Labute approximate surface area is 95.1 Å². The van der Waals surface area contributed by atoms with Crippen LogP contribution in [0.15, 0.2) is 16.4 Å². The molecule has 1 aliphatic rings. The van der Waals surface area contributed by atoms with E-state index in [4.69, 9.17) is 5.73 Å². The van der Waals surface area contributed by atoms with Crippen molar-refractivity contribution in [1.29, 1.82) is 0 Å². The van der Waals surface area contributed by atoms with Crippen LogP contribution in [0.4, 0.5) is 0 Å². The fourth-order valence-corrected chi connectivity index (χ4v) is 1.95. The minimum absolute atomic E-state index is 0.361. The van der Waals surface area contributed by atoms with Crippen molar-refractivity contribution in [2.75, 3.05) is 0 Å². The summed E-state index contributed by atoms with van der Waals surface area (Å²) in [4.78, 5) is 0. The van der Waals surface area contributed by atoms with Crippen molar-refractivity contribution in [2.24, 2.45) is 28.9 Å². The quantitative estimate of drug-likeness (QED) is 0.812. The van der Waals surface area contributed by atoms with Gasteiger partial charge < -0.3 is 5.73 Å². The monoisotopic (exact) mass is 219 g/mol. The molecule has 0 saturated heterocycles. The summed E-state index contributed by atoms with van der Waals surface area (Å²) < 4.78 is 1.85. The molecule has 0 radical (unpaired) electrons. The average molecular weight is 219 g/mol. The normalized spacial score (nSPS) is 20.6. The molecule has 1 unspecified atom stereocenters. The molecule has 86 valence electrons. The Hall–Kier alpha value is -1.65. The van der Waals surface area contributed by atoms with Crippen LogP contribution in [0.2, 0.25) is 0 Å². The number of hydrogen-bond donors (Lipinski definition) is 1. The maximum atomic E-state index is 5.71. The van der Waals surface area contributed by atoms with Crippen molar-refractivity contribution in [3.05, 3.63) is 17.5 Å². The third-order valence-corrected chi connectivity index (χ3v) is 3.13. The summed E-state index contributed by atoms with van der Waals surface area (Å²) in [6.07, 6.45) is 3.67. The van der Waals surface area contributed by atoms with Crippen LogP contribution < -0.4 is 5.73 Å². The van der Waals surface area contributed by atoms with Gasteiger partial charge >= 0.3 is 0 Å². The largest absolute Gasteiger partial charge is 0.386 e. The van der Waals surface area contributed by atoms with E-state index in [1.165, 1.54) is 0 Å². The molecule has 2 N–H and O–H groups in total. The fourth-order valence-electron chi connectivity index (χ4n) is 1.95. The van der Waals surface area contributed by atoms with Crippen molar-refractivity contribution in [1.82, 2.24) is 9.78 Å². The van der Waals surface area contributed by atoms with Crippen molar-refractivity contribution in [3.8, 4) is 0 Å².